The summed E-state index contributed by atoms with van der Waals surface area (Å²) in [4.78, 5) is 2.25. The maximum Gasteiger partial charge on any atom is 0.0952 e. The third-order valence-corrected chi connectivity index (χ3v) is 3.43. The van der Waals surface area contributed by atoms with Gasteiger partial charge in [0.05, 0.1) is 12.5 Å². The molecule has 1 heterocycles. The lowest BCUT2D eigenvalue weighted by atomic mass is 10.1. The SMILES string of the molecule is CCCNCc1ccc(N(C)Cc2ccoc2)c(C)c1. The van der Waals surface area contributed by atoms with E-state index in [4.69, 9.17) is 4.42 Å². The van der Waals surface area contributed by atoms with Crippen LogP contribution in [0.3, 0.4) is 0 Å². The van der Waals surface area contributed by atoms with Crippen LogP contribution in [0.25, 0.3) is 0 Å². The molecule has 0 saturated carbocycles. The average molecular weight is 272 g/mol. The molecule has 1 aromatic heterocycles. The summed E-state index contributed by atoms with van der Waals surface area (Å²) in [6, 6.07) is 8.69. The molecule has 20 heavy (non-hydrogen) atoms. The Balaban J connectivity index is 2.01. The molecule has 3 heteroatoms. The summed E-state index contributed by atoms with van der Waals surface area (Å²) >= 11 is 0. The maximum atomic E-state index is 5.12. The predicted octanol–water partition coefficient (Wildman–Crippen LogP) is 3.72. The monoisotopic (exact) mass is 272 g/mol. The molecule has 3 nitrogen and oxygen atoms in total. The van der Waals surface area contributed by atoms with Crippen LogP contribution in [-0.4, -0.2) is 13.6 Å². The molecule has 0 aliphatic heterocycles. The van der Waals surface area contributed by atoms with Crippen LogP contribution in [0.5, 0.6) is 0 Å². The highest BCUT2D eigenvalue weighted by Crippen LogP contribution is 2.22. The lowest BCUT2D eigenvalue weighted by Crippen LogP contribution is -2.18. The number of furan rings is 1. The van der Waals surface area contributed by atoms with Crippen molar-refractivity contribution in [2.75, 3.05) is 18.5 Å². The third kappa shape index (κ3) is 3.87. The highest BCUT2D eigenvalue weighted by molar-refractivity contribution is 5.54. The summed E-state index contributed by atoms with van der Waals surface area (Å²) < 4.78 is 5.12. The Morgan fingerprint density at radius 3 is 2.70 bits per heavy atom. The van der Waals surface area contributed by atoms with Crippen LogP contribution in [0, 0.1) is 6.92 Å². The van der Waals surface area contributed by atoms with Gasteiger partial charge in [0, 0.05) is 31.4 Å². The fraction of sp³-hybridized carbons (Fsp3) is 0.412. The Hall–Kier alpha value is -1.74. The van der Waals surface area contributed by atoms with Crippen molar-refractivity contribution in [1.82, 2.24) is 5.32 Å². The summed E-state index contributed by atoms with van der Waals surface area (Å²) in [5, 5.41) is 3.44. The second-order valence-corrected chi connectivity index (χ2v) is 5.29. The minimum absolute atomic E-state index is 0.866. The van der Waals surface area contributed by atoms with Gasteiger partial charge in [-0.05, 0) is 43.1 Å². The Labute approximate surface area is 121 Å². The average Bonchev–Trinajstić information content (AvgIpc) is 2.92. The fourth-order valence-corrected chi connectivity index (χ4v) is 2.41. The smallest absolute Gasteiger partial charge is 0.0952 e. The van der Waals surface area contributed by atoms with E-state index in [0.717, 1.165) is 19.6 Å². The summed E-state index contributed by atoms with van der Waals surface area (Å²) in [7, 11) is 2.12. The van der Waals surface area contributed by atoms with Crippen LogP contribution in [0.1, 0.15) is 30.0 Å². The fourth-order valence-electron chi connectivity index (χ4n) is 2.41. The molecule has 0 aliphatic carbocycles. The predicted molar refractivity (Wildman–Crippen MR) is 84.0 cm³/mol. The van der Waals surface area contributed by atoms with Crippen molar-refractivity contribution in [3.63, 3.8) is 0 Å². The topological polar surface area (TPSA) is 28.4 Å². The van der Waals surface area contributed by atoms with Crippen LogP contribution in [0.15, 0.2) is 41.2 Å². The third-order valence-electron chi connectivity index (χ3n) is 3.43. The molecule has 108 valence electrons. The van der Waals surface area contributed by atoms with Crippen LogP contribution >= 0.6 is 0 Å². The van der Waals surface area contributed by atoms with E-state index in [1.165, 1.54) is 28.8 Å². The second kappa shape index (κ2) is 7.15. The molecule has 0 fully saturated rings. The van der Waals surface area contributed by atoms with Gasteiger partial charge in [-0.2, -0.15) is 0 Å². The van der Waals surface area contributed by atoms with Crippen molar-refractivity contribution >= 4 is 5.69 Å². The van der Waals surface area contributed by atoms with Crippen LogP contribution in [-0.2, 0) is 13.1 Å². The van der Waals surface area contributed by atoms with E-state index in [0.29, 0.717) is 0 Å². The van der Waals surface area contributed by atoms with Gasteiger partial charge in [-0.25, -0.2) is 0 Å². The highest BCUT2D eigenvalue weighted by Gasteiger charge is 2.07. The van der Waals surface area contributed by atoms with Crippen LogP contribution in [0.4, 0.5) is 5.69 Å². The van der Waals surface area contributed by atoms with Gasteiger partial charge in [0.25, 0.3) is 0 Å². The molecule has 0 amide bonds. The number of nitrogens with one attached hydrogen (secondary N) is 1. The van der Waals surface area contributed by atoms with Gasteiger partial charge < -0.3 is 14.6 Å². The highest BCUT2D eigenvalue weighted by atomic mass is 16.3. The molecular formula is C17H24N2O. The van der Waals surface area contributed by atoms with Gasteiger partial charge in [-0.3, -0.25) is 0 Å². The van der Waals surface area contributed by atoms with E-state index in [9.17, 15) is 0 Å². The molecule has 0 radical (unpaired) electrons. The van der Waals surface area contributed by atoms with Crippen molar-refractivity contribution in [3.05, 3.63) is 53.5 Å². The zero-order valence-electron chi connectivity index (χ0n) is 12.6. The van der Waals surface area contributed by atoms with Crippen LogP contribution < -0.4 is 10.2 Å². The minimum Gasteiger partial charge on any atom is -0.472 e. The van der Waals surface area contributed by atoms with E-state index < -0.39 is 0 Å². The molecule has 2 aromatic rings. The first-order valence-corrected chi connectivity index (χ1v) is 7.23. The quantitative estimate of drug-likeness (QED) is 0.779. The lowest BCUT2D eigenvalue weighted by Gasteiger charge is -2.21. The van der Waals surface area contributed by atoms with E-state index >= 15 is 0 Å². The zero-order valence-corrected chi connectivity index (χ0v) is 12.6. The molecule has 2 rings (SSSR count). The van der Waals surface area contributed by atoms with Crippen molar-refractivity contribution in [2.45, 2.75) is 33.4 Å². The van der Waals surface area contributed by atoms with Crippen molar-refractivity contribution in [2.24, 2.45) is 0 Å². The summed E-state index contributed by atoms with van der Waals surface area (Å²) in [5.74, 6) is 0. The first kappa shape index (κ1) is 14.7. The minimum atomic E-state index is 0.866. The van der Waals surface area contributed by atoms with E-state index in [1.807, 2.05) is 6.07 Å². The summed E-state index contributed by atoms with van der Waals surface area (Å²) in [6.07, 6.45) is 4.69. The van der Waals surface area contributed by atoms with Gasteiger partial charge in [0.1, 0.15) is 0 Å². The van der Waals surface area contributed by atoms with Gasteiger partial charge in [-0.15, -0.1) is 0 Å². The van der Waals surface area contributed by atoms with E-state index in [1.54, 1.807) is 12.5 Å². The Bertz CT molecular complexity index is 520. The van der Waals surface area contributed by atoms with Gasteiger partial charge >= 0.3 is 0 Å². The van der Waals surface area contributed by atoms with E-state index in [-0.39, 0.29) is 0 Å². The maximum absolute atomic E-state index is 5.12. The summed E-state index contributed by atoms with van der Waals surface area (Å²) in [6.45, 7) is 7.24. The largest absolute Gasteiger partial charge is 0.472 e. The number of nitrogens with zero attached hydrogens (tertiary/aromatic N) is 1. The molecule has 0 atom stereocenters. The lowest BCUT2D eigenvalue weighted by molar-refractivity contribution is 0.563. The van der Waals surface area contributed by atoms with Gasteiger partial charge in [-0.1, -0.05) is 19.1 Å². The number of aryl methyl sites for hydroxylation is 1. The number of rotatable bonds is 7. The first-order valence-electron chi connectivity index (χ1n) is 7.23. The van der Waals surface area contributed by atoms with E-state index in [2.05, 4.69) is 49.3 Å². The molecule has 0 spiro atoms. The first-order chi connectivity index (χ1) is 9.70. The number of anilines is 1. The molecule has 0 unspecified atom stereocenters. The number of hydrogen-bond acceptors (Lipinski definition) is 3. The van der Waals surface area contributed by atoms with Gasteiger partial charge in [0.15, 0.2) is 0 Å². The number of hydrogen-bond donors (Lipinski definition) is 1. The van der Waals surface area contributed by atoms with Crippen molar-refractivity contribution in [1.29, 1.82) is 0 Å². The molecule has 0 saturated heterocycles. The Morgan fingerprint density at radius 1 is 1.20 bits per heavy atom. The molecule has 0 bridgehead atoms. The molecule has 1 N–H and O–H groups in total. The normalized spacial score (nSPS) is 10.8. The van der Waals surface area contributed by atoms with Crippen LogP contribution in [0.2, 0.25) is 0 Å². The Morgan fingerprint density at radius 2 is 2.05 bits per heavy atom. The van der Waals surface area contributed by atoms with Gasteiger partial charge in [0.2, 0.25) is 0 Å². The molecule has 1 aromatic carbocycles. The molecular weight excluding hydrogens is 248 g/mol. The standard InChI is InChI=1S/C17H24N2O/c1-4-8-18-11-15-5-6-17(14(2)10-15)19(3)12-16-7-9-20-13-16/h5-7,9-10,13,18H,4,8,11-12H2,1-3H3. The Kier molecular flexibility index (Phi) is 5.24. The zero-order chi connectivity index (χ0) is 14.4. The second-order valence-electron chi connectivity index (χ2n) is 5.29. The van der Waals surface area contributed by atoms with Crippen molar-refractivity contribution in [3.8, 4) is 0 Å². The molecule has 0 aliphatic rings. The number of benzene rings is 1. The summed E-state index contributed by atoms with van der Waals surface area (Å²) in [5.41, 5.74) is 5.12. The van der Waals surface area contributed by atoms with Crippen molar-refractivity contribution < 1.29 is 4.42 Å².